The topological polar surface area (TPSA) is 66.8 Å². The molecule has 6 heteroatoms. The van der Waals surface area contributed by atoms with Gasteiger partial charge in [-0.3, -0.25) is 4.79 Å². The lowest BCUT2D eigenvalue weighted by atomic mass is 10.1. The largest absolute Gasteiger partial charge is 0.483 e. The lowest BCUT2D eigenvalue weighted by molar-refractivity contribution is -0.148. The molecule has 1 N–H and O–H groups in total. The van der Waals surface area contributed by atoms with Crippen molar-refractivity contribution in [3.63, 3.8) is 0 Å². The van der Waals surface area contributed by atoms with Gasteiger partial charge in [0.05, 0.1) is 0 Å². The fraction of sp³-hybridized carbons (Fsp3) is 0.294. The standard InChI is InChI=1S/C17H16ClNO4/c18-13-7-8-15(12-5-2-1-4-11(12)13)23-10-16(20)19-9-3-6-14(19)17(21)22/h1-2,4-5,7-8,14H,3,6,9-10H2,(H,21,22). The zero-order chi connectivity index (χ0) is 16.4. The molecule has 2 aromatic carbocycles. The highest BCUT2D eigenvalue weighted by molar-refractivity contribution is 6.35. The van der Waals surface area contributed by atoms with Crippen molar-refractivity contribution in [3.8, 4) is 5.75 Å². The summed E-state index contributed by atoms with van der Waals surface area (Å²) in [6.07, 6.45) is 1.19. The molecule has 1 aliphatic rings. The van der Waals surface area contributed by atoms with Gasteiger partial charge >= 0.3 is 5.97 Å². The van der Waals surface area contributed by atoms with Gasteiger partial charge in [-0.1, -0.05) is 35.9 Å². The maximum Gasteiger partial charge on any atom is 0.326 e. The monoisotopic (exact) mass is 333 g/mol. The second-order valence-corrected chi connectivity index (χ2v) is 5.87. The number of benzene rings is 2. The van der Waals surface area contributed by atoms with Crippen molar-refractivity contribution in [2.24, 2.45) is 0 Å². The van der Waals surface area contributed by atoms with E-state index in [1.54, 1.807) is 12.1 Å². The average molecular weight is 334 g/mol. The molecule has 0 aromatic heterocycles. The number of nitrogens with zero attached hydrogens (tertiary/aromatic N) is 1. The molecule has 1 amide bonds. The fourth-order valence-corrected chi connectivity index (χ4v) is 3.13. The highest BCUT2D eigenvalue weighted by atomic mass is 35.5. The molecule has 120 valence electrons. The van der Waals surface area contributed by atoms with Crippen molar-refractivity contribution < 1.29 is 19.4 Å². The first kappa shape index (κ1) is 15.6. The summed E-state index contributed by atoms with van der Waals surface area (Å²) in [6.45, 7) is 0.274. The van der Waals surface area contributed by atoms with Crippen molar-refractivity contribution >= 4 is 34.2 Å². The minimum Gasteiger partial charge on any atom is -0.483 e. The number of fused-ring (bicyclic) bond motifs is 1. The zero-order valence-electron chi connectivity index (χ0n) is 12.4. The van der Waals surface area contributed by atoms with Crippen LogP contribution in [0.25, 0.3) is 10.8 Å². The minimum atomic E-state index is -0.965. The van der Waals surface area contributed by atoms with E-state index in [2.05, 4.69) is 0 Å². The molecular weight excluding hydrogens is 318 g/mol. The van der Waals surface area contributed by atoms with Crippen LogP contribution in [0.15, 0.2) is 36.4 Å². The molecule has 1 saturated heterocycles. The molecule has 0 aliphatic carbocycles. The van der Waals surface area contributed by atoms with Crippen LogP contribution in [0.1, 0.15) is 12.8 Å². The molecule has 5 nitrogen and oxygen atoms in total. The number of carboxylic acid groups (broad SMARTS) is 1. The van der Waals surface area contributed by atoms with Crippen molar-refractivity contribution in [1.29, 1.82) is 0 Å². The number of carboxylic acids is 1. The van der Waals surface area contributed by atoms with Crippen LogP contribution in [-0.4, -0.2) is 41.1 Å². The van der Waals surface area contributed by atoms with E-state index in [1.807, 2.05) is 24.3 Å². The third-order valence-electron chi connectivity index (χ3n) is 4.04. The number of amides is 1. The van der Waals surface area contributed by atoms with E-state index in [-0.39, 0.29) is 12.5 Å². The summed E-state index contributed by atoms with van der Waals surface area (Å²) >= 11 is 6.15. The molecule has 1 atom stereocenters. The third-order valence-corrected chi connectivity index (χ3v) is 4.37. The molecule has 23 heavy (non-hydrogen) atoms. The van der Waals surface area contributed by atoms with Crippen LogP contribution in [0, 0.1) is 0 Å². The van der Waals surface area contributed by atoms with Gasteiger partial charge in [0.2, 0.25) is 0 Å². The van der Waals surface area contributed by atoms with Gasteiger partial charge in [-0.2, -0.15) is 0 Å². The number of halogens is 1. The SMILES string of the molecule is O=C(O)C1CCCN1C(=O)COc1ccc(Cl)c2ccccc12. The zero-order valence-corrected chi connectivity index (χ0v) is 13.1. The van der Waals surface area contributed by atoms with E-state index in [4.69, 9.17) is 21.4 Å². The Hall–Kier alpha value is -2.27. The average Bonchev–Trinajstić information content (AvgIpc) is 3.04. The predicted molar refractivity (Wildman–Crippen MR) is 86.8 cm³/mol. The van der Waals surface area contributed by atoms with Gasteiger partial charge in [0.15, 0.2) is 6.61 Å². The van der Waals surface area contributed by atoms with E-state index < -0.39 is 12.0 Å². The number of likely N-dealkylation sites (tertiary alicyclic amines) is 1. The minimum absolute atomic E-state index is 0.185. The Labute approximate surface area is 138 Å². The maximum atomic E-state index is 12.2. The normalized spacial score (nSPS) is 17.4. The first-order valence-electron chi connectivity index (χ1n) is 7.40. The molecule has 1 fully saturated rings. The summed E-state index contributed by atoms with van der Waals surface area (Å²) in [4.78, 5) is 24.8. The lowest BCUT2D eigenvalue weighted by Gasteiger charge is -2.21. The van der Waals surface area contributed by atoms with Crippen LogP contribution in [0.5, 0.6) is 5.75 Å². The fourth-order valence-electron chi connectivity index (χ4n) is 2.90. The quantitative estimate of drug-likeness (QED) is 0.934. The Morgan fingerprint density at radius 3 is 2.70 bits per heavy atom. The Bertz CT molecular complexity index is 761. The summed E-state index contributed by atoms with van der Waals surface area (Å²) in [7, 11) is 0. The number of carbonyl (C=O) groups excluding carboxylic acids is 1. The molecule has 0 radical (unpaired) electrons. The van der Waals surface area contributed by atoms with E-state index in [0.717, 1.165) is 10.8 Å². The van der Waals surface area contributed by atoms with Crippen LogP contribution in [0.3, 0.4) is 0 Å². The van der Waals surface area contributed by atoms with E-state index in [1.165, 1.54) is 4.90 Å². The van der Waals surface area contributed by atoms with Gasteiger partial charge in [-0.15, -0.1) is 0 Å². The van der Waals surface area contributed by atoms with Crippen molar-refractivity contribution in [3.05, 3.63) is 41.4 Å². The van der Waals surface area contributed by atoms with E-state index >= 15 is 0 Å². The molecule has 3 rings (SSSR count). The number of rotatable bonds is 4. The molecule has 1 unspecified atom stereocenters. The molecule has 0 bridgehead atoms. The molecule has 0 spiro atoms. The van der Waals surface area contributed by atoms with Gasteiger partial charge < -0.3 is 14.7 Å². The molecule has 2 aromatic rings. The predicted octanol–water partition coefficient (Wildman–Crippen LogP) is 2.95. The van der Waals surface area contributed by atoms with Gasteiger partial charge in [-0.25, -0.2) is 4.79 Å². The summed E-state index contributed by atoms with van der Waals surface area (Å²) in [5, 5.41) is 11.4. The van der Waals surface area contributed by atoms with Crippen molar-refractivity contribution in [1.82, 2.24) is 4.90 Å². The first-order valence-corrected chi connectivity index (χ1v) is 7.78. The summed E-state index contributed by atoms with van der Waals surface area (Å²) in [6, 6.07) is 10.2. The third kappa shape index (κ3) is 3.10. The maximum absolute atomic E-state index is 12.2. The van der Waals surface area contributed by atoms with Crippen LogP contribution in [0.4, 0.5) is 0 Å². The smallest absolute Gasteiger partial charge is 0.326 e. The lowest BCUT2D eigenvalue weighted by Crippen LogP contribution is -2.42. The van der Waals surface area contributed by atoms with Crippen LogP contribution in [-0.2, 0) is 9.59 Å². The summed E-state index contributed by atoms with van der Waals surface area (Å²) < 4.78 is 5.63. The molecule has 1 heterocycles. The van der Waals surface area contributed by atoms with E-state index in [0.29, 0.717) is 30.2 Å². The number of aliphatic carboxylic acids is 1. The second kappa shape index (κ2) is 6.46. The van der Waals surface area contributed by atoms with E-state index in [9.17, 15) is 9.59 Å². The van der Waals surface area contributed by atoms with Gasteiger partial charge in [-0.05, 0) is 25.0 Å². The highest BCUT2D eigenvalue weighted by Gasteiger charge is 2.33. The Balaban J connectivity index is 1.75. The second-order valence-electron chi connectivity index (χ2n) is 5.46. The highest BCUT2D eigenvalue weighted by Crippen LogP contribution is 2.31. The van der Waals surface area contributed by atoms with Crippen molar-refractivity contribution in [2.45, 2.75) is 18.9 Å². The number of hydrogen-bond acceptors (Lipinski definition) is 3. The summed E-state index contributed by atoms with van der Waals surface area (Å²) in [5.41, 5.74) is 0. The molecule has 0 saturated carbocycles. The number of carbonyl (C=O) groups is 2. The molecule has 1 aliphatic heterocycles. The van der Waals surface area contributed by atoms with Crippen LogP contribution in [0.2, 0.25) is 5.02 Å². The van der Waals surface area contributed by atoms with Crippen LogP contribution >= 0.6 is 11.6 Å². The van der Waals surface area contributed by atoms with Crippen molar-refractivity contribution in [2.75, 3.05) is 13.2 Å². The van der Waals surface area contributed by atoms with Gasteiger partial charge in [0.25, 0.3) is 5.91 Å². The van der Waals surface area contributed by atoms with Gasteiger partial charge in [0, 0.05) is 22.3 Å². The van der Waals surface area contributed by atoms with Gasteiger partial charge in [0.1, 0.15) is 11.8 Å². The number of ether oxygens (including phenoxy) is 1. The Morgan fingerprint density at radius 1 is 1.22 bits per heavy atom. The molecular formula is C17H16ClNO4. The Morgan fingerprint density at radius 2 is 1.96 bits per heavy atom. The Kier molecular flexibility index (Phi) is 4.39. The first-order chi connectivity index (χ1) is 11.1. The number of hydrogen-bond donors (Lipinski definition) is 1. The summed E-state index contributed by atoms with van der Waals surface area (Å²) in [5.74, 6) is -0.717. The van der Waals surface area contributed by atoms with Crippen LogP contribution < -0.4 is 4.74 Å².